The number of hydrogen-bond acceptors (Lipinski definition) is 3. The Morgan fingerprint density at radius 2 is 1.65 bits per heavy atom. The second-order valence-electron chi connectivity index (χ2n) is 7.53. The topological polar surface area (TPSA) is 71.1 Å². The number of carbonyl (C=O) groups excluding carboxylic acids is 2. The van der Waals surface area contributed by atoms with Crippen LogP contribution < -0.4 is 10.6 Å². The molecule has 0 atom stereocenters. The van der Waals surface area contributed by atoms with Crippen LogP contribution in [0.15, 0.2) is 72.9 Å². The molecule has 2 aromatic carbocycles. The number of rotatable bonds is 4. The molecule has 2 amide bonds. The van der Waals surface area contributed by atoms with E-state index in [9.17, 15) is 9.59 Å². The summed E-state index contributed by atoms with van der Waals surface area (Å²) in [7, 11) is 0. The van der Waals surface area contributed by atoms with Crippen molar-refractivity contribution in [2.75, 3.05) is 5.32 Å². The molecule has 1 aromatic heterocycles. The van der Waals surface area contributed by atoms with Crippen molar-refractivity contribution in [3.05, 3.63) is 95.3 Å². The number of pyridine rings is 1. The molecule has 1 aliphatic rings. The third-order valence-electron chi connectivity index (χ3n) is 5.22. The minimum Gasteiger partial charge on any atom is -0.349 e. The summed E-state index contributed by atoms with van der Waals surface area (Å²) in [5.74, 6) is 5.72. The van der Waals surface area contributed by atoms with Crippen LogP contribution in [0.3, 0.4) is 0 Å². The van der Waals surface area contributed by atoms with Crippen molar-refractivity contribution in [2.24, 2.45) is 0 Å². The van der Waals surface area contributed by atoms with E-state index in [1.54, 1.807) is 48.7 Å². The van der Waals surface area contributed by atoms with Crippen LogP contribution in [-0.4, -0.2) is 22.8 Å². The molecule has 1 saturated carbocycles. The molecule has 154 valence electrons. The van der Waals surface area contributed by atoms with E-state index >= 15 is 0 Å². The third kappa shape index (κ3) is 5.58. The standard InChI is InChI=1S/C26H23N3O2/c30-25(28-23-9-1-2-10-23)20-12-15-24(16-13-20)29-26(31)21-7-5-6-19(18-21)11-14-22-8-3-4-17-27-22/h3-8,12-13,15-18,23H,1-2,9-10H2,(H,28,30)(H,29,31). The first kappa shape index (κ1) is 20.4. The van der Waals surface area contributed by atoms with E-state index < -0.39 is 0 Å². The number of nitrogens with zero attached hydrogens (tertiary/aromatic N) is 1. The lowest BCUT2D eigenvalue weighted by atomic mass is 10.1. The number of nitrogens with one attached hydrogen (secondary N) is 2. The van der Waals surface area contributed by atoms with Gasteiger partial charge in [-0.2, -0.15) is 0 Å². The van der Waals surface area contributed by atoms with Crippen molar-refractivity contribution in [3.8, 4) is 11.8 Å². The average Bonchev–Trinajstić information content (AvgIpc) is 3.32. The molecule has 0 radical (unpaired) electrons. The minimum absolute atomic E-state index is 0.0658. The van der Waals surface area contributed by atoms with Gasteiger partial charge in [-0.1, -0.05) is 30.9 Å². The van der Waals surface area contributed by atoms with Gasteiger partial charge in [-0.3, -0.25) is 9.59 Å². The van der Waals surface area contributed by atoms with Crippen molar-refractivity contribution >= 4 is 17.5 Å². The van der Waals surface area contributed by atoms with Crippen LogP contribution >= 0.6 is 0 Å². The number of amides is 2. The van der Waals surface area contributed by atoms with Gasteiger partial charge < -0.3 is 10.6 Å². The van der Waals surface area contributed by atoms with Crippen molar-refractivity contribution in [3.63, 3.8) is 0 Å². The molecule has 1 aliphatic carbocycles. The van der Waals surface area contributed by atoms with Gasteiger partial charge in [0.2, 0.25) is 0 Å². The third-order valence-corrected chi connectivity index (χ3v) is 5.22. The molecule has 4 rings (SSSR count). The highest BCUT2D eigenvalue weighted by molar-refractivity contribution is 6.04. The van der Waals surface area contributed by atoms with Crippen LogP contribution in [0.5, 0.6) is 0 Å². The molecular formula is C26H23N3O2. The summed E-state index contributed by atoms with van der Waals surface area (Å²) >= 11 is 0. The number of hydrogen-bond donors (Lipinski definition) is 2. The summed E-state index contributed by atoms with van der Waals surface area (Å²) in [6.07, 6.45) is 6.13. The van der Waals surface area contributed by atoms with Gasteiger partial charge >= 0.3 is 0 Å². The zero-order chi connectivity index (χ0) is 21.5. The summed E-state index contributed by atoms with van der Waals surface area (Å²) in [5, 5.41) is 5.93. The lowest BCUT2D eigenvalue weighted by Gasteiger charge is -2.12. The van der Waals surface area contributed by atoms with Crippen molar-refractivity contribution in [1.29, 1.82) is 0 Å². The fourth-order valence-corrected chi connectivity index (χ4v) is 3.56. The van der Waals surface area contributed by atoms with Crippen molar-refractivity contribution in [1.82, 2.24) is 10.3 Å². The molecule has 1 heterocycles. The van der Waals surface area contributed by atoms with Gasteiger partial charge in [-0.25, -0.2) is 4.98 Å². The Labute approximate surface area is 181 Å². The minimum atomic E-state index is -0.232. The second-order valence-corrected chi connectivity index (χ2v) is 7.53. The van der Waals surface area contributed by atoms with Crippen LogP contribution in [0.25, 0.3) is 0 Å². The van der Waals surface area contributed by atoms with E-state index in [0.29, 0.717) is 22.5 Å². The average molecular weight is 409 g/mol. The zero-order valence-electron chi connectivity index (χ0n) is 17.1. The highest BCUT2D eigenvalue weighted by atomic mass is 16.2. The molecule has 2 N–H and O–H groups in total. The molecule has 31 heavy (non-hydrogen) atoms. The largest absolute Gasteiger partial charge is 0.349 e. The normalized spacial score (nSPS) is 13.2. The summed E-state index contributed by atoms with van der Waals surface area (Å²) < 4.78 is 0. The monoisotopic (exact) mass is 409 g/mol. The number of carbonyl (C=O) groups is 2. The van der Waals surface area contributed by atoms with Crippen molar-refractivity contribution < 1.29 is 9.59 Å². The van der Waals surface area contributed by atoms with Gasteiger partial charge in [0, 0.05) is 34.6 Å². The van der Waals surface area contributed by atoms with Gasteiger partial charge in [-0.15, -0.1) is 0 Å². The SMILES string of the molecule is O=C(Nc1ccc(C(=O)NC2CCCC2)cc1)c1cccc(C#Cc2ccccn2)c1. The lowest BCUT2D eigenvalue weighted by Crippen LogP contribution is -2.32. The summed E-state index contributed by atoms with van der Waals surface area (Å²) in [5.41, 5.74) is 3.15. The Balaban J connectivity index is 1.39. The molecule has 5 nitrogen and oxygen atoms in total. The van der Waals surface area contributed by atoms with E-state index in [0.717, 1.165) is 18.4 Å². The first-order chi connectivity index (χ1) is 15.2. The van der Waals surface area contributed by atoms with E-state index in [-0.39, 0.29) is 17.9 Å². The molecule has 0 aliphatic heterocycles. The first-order valence-electron chi connectivity index (χ1n) is 10.4. The Kier molecular flexibility index (Phi) is 6.39. The van der Waals surface area contributed by atoms with Crippen molar-refractivity contribution in [2.45, 2.75) is 31.7 Å². The Morgan fingerprint density at radius 3 is 2.39 bits per heavy atom. The van der Waals surface area contributed by atoms with Crippen LogP contribution in [-0.2, 0) is 0 Å². The van der Waals surface area contributed by atoms with E-state index in [2.05, 4.69) is 27.5 Å². The lowest BCUT2D eigenvalue weighted by molar-refractivity contribution is 0.0937. The van der Waals surface area contributed by atoms with E-state index in [1.165, 1.54) is 12.8 Å². The highest BCUT2D eigenvalue weighted by Gasteiger charge is 2.18. The number of benzene rings is 2. The first-order valence-corrected chi connectivity index (χ1v) is 10.4. The van der Waals surface area contributed by atoms with Crippen LogP contribution in [0.4, 0.5) is 5.69 Å². The van der Waals surface area contributed by atoms with Gasteiger partial charge in [0.25, 0.3) is 11.8 Å². The Morgan fingerprint density at radius 1 is 0.839 bits per heavy atom. The number of aromatic nitrogens is 1. The van der Waals surface area contributed by atoms with E-state index in [1.807, 2.05) is 24.3 Å². The zero-order valence-corrected chi connectivity index (χ0v) is 17.1. The summed E-state index contributed by atoms with van der Waals surface area (Å²) in [6, 6.07) is 19.9. The molecule has 0 spiro atoms. The smallest absolute Gasteiger partial charge is 0.255 e. The van der Waals surface area contributed by atoms with E-state index in [4.69, 9.17) is 0 Å². The molecule has 0 saturated heterocycles. The number of anilines is 1. The van der Waals surface area contributed by atoms with Crippen LogP contribution in [0.2, 0.25) is 0 Å². The molecule has 1 fully saturated rings. The maximum atomic E-state index is 12.6. The van der Waals surface area contributed by atoms with Gasteiger partial charge in [-0.05, 0) is 73.4 Å². The van der Waals surface area contributed by atoms with Gasteiger partial charge in [0.15, 0.2) is 0 Å². The van der Waals surface area contributed by atoms with Crippen LogP contribution in [0.1, 0.15) is 57.7 Å². The summed E-state index contributed by atoms with van der Waals surface area (Å²) in [4.78, 5) is 29.2. The Hall–Kier alpha value is -3.91. The molecule has 5 heteroatoms. The molecule has 0 bridgehead atoms. The second kappa shape index (κ2) is 9.73. The summed E-state index contributed by atoms with van der Waals surface area (Å²) in [6.45, 7) is 0. The fraction of sp³-hybridized carbons (Fsp3) is 0.192. The predicted octanol–water partition coefficient (Wildman–Crippen LogP) is 4.41. The quantitative estimate of drug-likeness (QED) is 0.627. The predicted molar refractivity (Wildman–Crippen MR) is 121 cm³/mol. The fourth-order valence-electron chi connectivity index (χ4n) is 3.56. The maximum absolute atomic E-state index is 12.6. The highest BCUT2D eigenvalue weighted by Crippen LogP contribution is 2.19. The Bertz CT molecular complexity index is 1120. The molecule has 0 unspecified atom stereocenters. The van der Waals surface area contributed by atoms with Gasteiger partial charge in [0.1, 0.15) is 5.69 Å². The molecule has 3 aromatic rings. The molecular weight excluding hydrogens is 386 g/mol. The van der Waals surface area contributed by atoms with Gasteiger partial charge in [0.05, 0.1) is 0 Å². The maximum Gasteiger partial charge on any atom is 0.255 e. The van der Waals surface area contributed by atoms with Crippen LogP contribution in [0, 0.1) is 11.8 Å².